The van der Waals surface area contributed by atoms with Crippen molar-refractivity contribution in [2.75, 3.05) is 9.62 Å². The summed E-state index contributed by atoms with van der Waals surface area (Å²) in [6.07, 6.45) is 1.32. The molecule has 1 atom stereocenters. The first-order valence-corrected chi connectivity index (χ1v) is 13.8. The second-order valence-corrected chi connectivity index (χ2v) is 11.8. The molecule has 2 heterocycles. The first-order valence-electron chi connectivity index (χ1n) is 10.8. The molecule has 3 aromatic rings. The predicted octanol–water partition coefficient (Wildman–Crippen LogP) is 3.53. The van der Waals surface area contributed by atoms with Crippen LogP contribution in [0.3, 0.4) is 0 Å². The van der Waals surface area contributed by atoms with Gasteiger partial charge in [0.1, 0.15) is 11.9 Å². The Bertz CT molecular complexity index is 1600. The van der Waals surface area contributed by atoms with Crippen LogP contribution in [0.2, 0.25) is 0 Å². The average molecular weight is 569 g/mol. The van der Waals surface area contributed by atoms with Crippen molar-refractivity contribution in [2.45, 2.75) is 34.8 Å². The van der Waals surface area contributed by atoms with Crippen LogP contribution in [0.1, 0.15) is 12.5 Å². The van der Waals surface area contributed by atoms with Crippen molar-refractivity contribution in [2.24, 2.45) is 0 Å². The van der Waals surface area contributed by atoms with E-state index in [2.05, 4.69) is 9.71 Å². The molecule has 38 heavy (non-hydrogen) atoms. The third kappa shape index (κ3) is 5.06. The number of aromatic nitrogens is 1. The Morgan fingerprint density at radius 2 is 1.55 bits per heavy atom. The Labute approximate surface area is 215 Å². The number of sulfonamides is 1. The quantitative estimate of drug-likeness (QED) is 0.431. The second-order valence-electron chi connectivity index (χ2n) is 8.17. The van der Waals surface area contributed by atoms with E-state index in [1.165, 1.54) is 42.3 Å². The number of rotatable bonds is 7. The number of anilines is 2. The number of urea groups is 1. The third-order valence-corrected chi connectivity index (χ3v) is 8.53. The van der Waals surface area contributed by atoms with E-state index in [9.17, 15) is 39.6 Å². The van der Waals surface area contributed by atoms with Crippen LogP contribution < -0.4 is 9.62 Å². The first kappa shape index (κ1) is 27.1. The van der Waals surface area contributed by atoms with Crippen LogP contribution in [0.25, 0.3) is 0 Å². The molecule has 1 aliphatic rings. The van der Waals surface area contributed by atoms with Crippen molar-refractivity contribution in [1.29, 1.82) is 0 Å². The highest BCUT2D eigenvalue weighted by atomic mass is 32.2. The summed E-state index contributed by atoms with van der Waals surface area (Å²) in [5.41, 5.74) is -5.17. The van der Waals surface area contributed by atoms with Crippen LogP contribution in [-0.2, 0) is 31.2 Å². The fourth-order valence-electron chi connectivity index (χ4n) is 3.68. The standard InChI is InChI=1S/C23H19F3N4O6S2/c1-15-21(31)30(17-7-9-18(10-8-17)37(33,34)23(24,25)26)22(32)29(15)14-16-11-12-27-20(13-16)28-38(35,36)19-5-3-2-4-6-19/h2-13,15H,14H2,1H3,(H,27,28). The van der Waals surface area contributed by atoms with Gasteiger partial charge in [-0.3, -0.25) is 9.52 Å². The molecule has 0 bridgehead atoms. The number of nitrogens with one attached hydrogen (secondary N) is 1. The van der Waals surface area contributed by atoms with E-state index < -0.39 is 48.2 Å². The maximum Gasteiger partial charge on any atom is 0.501 e. The zero-order valence-electron chi connectivity index (χ0n) is 19.5. The highest BCUT2D eigenvalue weighted by molar-refractivity contribution is 7.92. The lowest BCUT2D eigenvalue weighted by Crippen LogP contribution is -2.33. The van der Waals surface area contributed by atoms with E-state index in [0.717, 1.165) is 17.0 Å². The molecule has 1 aliphatic heterocycles. The summed E-state index contributed by atoms with van der Waals surface area (Å²) in [6.45, 7) is 1.33. The Morgan fingerprint density at radius 1 is 0.921 bits per heavy atom. The normalized spacial score (nSPS) is 16.7. The zero-order chi connectivity index (χ0) is 27.9. The summed E-state index contributed by atoms with van der Waals surface area (Å²) >= 11 is 0. The smallest absolute Gasteiger partial charge is 0.308 e. The minimum atomic E-state index is -5.59. The number of nitrogens with zero attached hydrogens (tertiary/aromatic N) is 3. The van der Waals surface area contributed by atoms with Crippen molar-refractivity contribution in [3.63, 3.8) is 0 Å². The van der Waals surface area contributed by atoms with Gasteiger partial charge < -0.3 is 4.90 Å². The van der Waals surface area contributed by atoms with Gasteiger partial charge in [-0.1, -0.05) is 18.2 Å². The molecule has 10 nitrogen and oxygen atoms in total. The van der Waals surface area contributed by atoms with Gasteiger partial charge >= 0.3 is 11.5 Å². The van der Waals surface area contributed by atoms with Crippen LogP contribution in [0, 0.1) is 0 Å². The molecule has 1 fully saturated rings. The van der Waals surface area contributed by atoms with Crippen LogP contribution >= 0.6 is 0 Å². The minimum absolute atomic E-state index is 0.0182. The molecule has 0 spiro atoms. The van der Waals surface area contributed by atoms with Gasteiger partial charge in [0.15, 0.2) is 0 Å². The number of pyridine rings is 1. The lowest BCUT2D eigenvalue weighted by Gasteiger charge is -2.20. The maximum absolute atomic E-state index is 13.1. The third-order valence-electron chi connectivity index (χ3n) is 5.66. The molecule has 15 heteroatoms. The lowest BCUT2D eigenvalue weighted by atomic mass is 10.2. The van der Waals surface area contributed by atoms with Gasteiger partial charge in [-0.15, -0.1) is 0 Å². The van der Waals surface area contributed by atoms with Gasteiger partial charge in [0.25, 0.3) is 25.8 Å². The molecule has 1 saturated heterocycles. The summed E-state index contributed by atoms with van der Waals surface area (Å²) in [7, 11) is -9.52. The molecule has 0 aliphatic carbocycles. The lowest BCUT2D eigenvalue weighted by molar-refractivity contribution is -0.119. The molecule has 0 saturated carbocycles. The molecule has 0 radical (unpaired) electrons. The molecular weight excluding hydrogens is 549 g/mol. The fraction of sp³-hybridized carbons (Fsp3) is 0.174. The molecular formula is C23H19F3N4O6S2. The van der Waals surface area contributed by atoms with Gasteiger partial charge in [0, 0.05) is 12.7 Å². The Morgan fingerprint density at radius 3 is 2.16 bits per heavy atom. The van der Waals surface area contributed by atoms with Gasteiger partial charge in [-0.2, -0.15) is 13.2 Å². The largest absolute Gasteiger partial charge is 0.501 e. The Balaban J connectivity index is 1.54. The van der Waals surface area contributed by atoms with Crippen molar-refractivity contribution in [3.8, 4) is 0 Å². The van der Waals surface area contributed by atoms with E-state index in [0.29, 0.717) is 17.7 Å². The van der Waals surface area contributed by atoms with E-state index in [-0.39, 0.29) is 22.9 Å². The molecule has 3 amide bonds. The highest BCUT2D eigenvalue weighted by Gasteiger charge is 2.47. The van der Waals surface area contributed by atoms with Crippen molar-refractivity contribution in [3.05, 3.63) is 78.5 Å². The van der Waals surface area contributed by atoms with E-state index in [1.54, 1.807) is 18.2 Å². The number of sulfone groups is 1. The van der Waals surface area contributed by atoms with Crippen LogP contribution in [0.4, 0.5) is 29.5 Å². The highest BCUT2D eigenvalue weighted by Crippen LogP contribution is 2.33. The van der Waals surface area contributed by atoms with Crippen molar-refractivity contribution >= 4 is 43.3 Å². The molecule has 1 N–H and O–H groups in total. The van der Waals surface area contributed by atoms with Gasteiger partial charge in [-0.05, 0) is 61.0 Å². The van der Waals surface area contributed by atoms with Gasteiger partial charge in [0.2, 0.25) is 0 Å². The summed E-state index contributed by atoms with van der Waals surface area (Å²) in [4.78, 5) is 30.8. The van der Waals surface area contributed by atoms with E-state index in [1.807, 2.05) is 0 Å². The van der Waals surface area contributed by atoms with E-state index >= 15 is 0 Å². The zero-order valence-corrected chi connectivity index (χ0v) is 21.1. The van der Waals surface area contributed by atoms with Crippen molar-refractivity contribution < 1.29 is 39.6 Å². The predicted molar refractivity (Wildman–Crippen MR) is 129 cm³/mol. The number of benzene rings is 2. The van der Waals surface area contributed by atoms with Crippen molar-refractivity contribution in [1.82, 2.24) is 9.88 Å². The number of hydrogen-bond acceptors (Lipinski definition) is 7. The first-order chi connectivity index (χ1) is 17.7. The molecule has 1 unspecified atom stereocenters. The Kier molecular flexibility index (Phi) is 6.92. The number of carbonyl (C=O) groups excluding carboxylic acids is 2. The maximum atomic E-state index is 13.1. The Hall–Kier alpha value is -3.98. The number of halogens is 3. The van der Waals surface area contributed by atoms with Gasteiger partial charge in [-0.25, -0.2) is 31.5 Å². The molecule has 2 aromatic carbocycles. The topological polar surface area (TPSA) is 134 Å². The average Bonchev–Trinajstić information content (AvgIpc) is 3.07. The van der Waals surface area contributed by atoms with Crippen LogP contribution in [0.15, 0.2) is 82.7 Å². The van der Waals surface area contributed by atoms with E-state index in [4.69, 9.17) is 0 Å². The van der Waals surface area contributed by atoms with Gasteiger partial charge in [0.05, 0.1) is 15.5 Å². The monoisotopic (exact) mass is 568 g/mol. The number of hydrogen-bond donors (Lipinski definition) is 1. The fourth-order valence-corrected chi connectivity index (χ4v) is 5.46. The number of imide groups is 1. The molecule has 200 valence electrons. The van der Waals surface area contributed by atoms with Crippen LogP contribution in [0.5, 0.6) is 0 Å². The number of amides is 3. The van der Waals surface area contributed by atoms with Crippen LogP contribution in [-0.4, -0.2) is 50.2 Å². The summed E-state index contributed by atoms with van der Waals surface area (Å²) in [5, 5.41) is 0. The summed E-state index contributed by atoms with van der Waals surface area (Å²) < 4.78 is 89.1. The SMILES string of the molecule is CC1C(=O)N(c2ccc(S(=O)(=O)C(F)(F)F)cc2)C(=O)N1Cc1ccnc(NS(=O)(=O)c2ccccc2)c1. The molecule has 1 aromatic heterocycles. The molecule has 4 rings (SSSR count). The summed E-state index contributed by atoms with van der Waals surface area (Å²) in [6, 6.07) is 11.9. The minimum Gasteiger partial charge on any atom is -0.308 e. The summed E-state index contributed by atoms with van der Waals surface area (Å²) in [5.74, 6) is -0.698. The number of alkyl halides is 3. The second kappa shape index (κ2) is 9.72. The number of carbonyl (C=O) groups is 2.